The maximum absolute atomic E-state index is 14.3. The van der Waals surface area contributed by atoms with E-state index in [1.807, 2.05) is 100 Å². The second kappa shape index (κ2) is 13.4. The molecule has 2 aromatic rings. The minimum atomic E-state index is -0.980. The lowest BCUT2D eigenvalue weighted by molar-refractivity contribution is -0.441. The first-order chi connectivity index (χ1) is 22.2. The van der Waals surface area contributed by atoms with Crippen LogP contribution in [0.2, 0.25) is 0 Å². The molecule has 0 bridgehead atoms. The average molecular weight is 678 g/mol. The number of hydrogen-bond donors (Lipinski definition) is 2. The number of benzene rings is 2. The van der Waals surface area contributed by atoms with E-state index in [1.54, 1.807) is 6.08 Å². The van der Waals surface area contributed by atoms with Gasteiger partial charge in [0.1, 0.15) is 5.75 Å². The predicted octanol–water partition coefficient (Wildman–Crippen LogP) is 9.18. The van der Waals surface area contributed by atoms with Crippen molar-refractivity contribution in [2.45, 2.75) is 102 Å². The summed E-state index contributed by atoms with van der Waals surface area (Å²) in [6.07, 6.45) is 4.02. The first kappa shape index (κ1) is 39.4. The number of para-hydroxylation sites is 1. The summed E-state index contributed by atoms with van der Waals surface area (Å²) in [5, 5.41) is 32.1. The Morgan fingerprint density at radius 2 is 1.55 bits per heavy atom. The fraction of sp³-hybridized carbons (Fsp3) is 0.575. The third kappa shape index (κ3) is 7.60. The number of carbonyl (C=O) groups excluding carboxylic acids is 1. The second-order valence-corrected chi connectivity index (χ2v) is 17.7. The van der Waals surface area contributed by atoms with Crippen LogP contribution in [0.25, 0.3) is 6.08 Å². The van der Waals surface area contributed by atoms with Gasteiger partial charge in [-0.15, -0.1) is 0 Å². The number of non-ortho nitro benzene ring substituents is 1. The Balaban J connectivity index is 1.99. The van der Waals surface area contributed by atoms with Crippen LogP contribution in [0.3, 0.4) is 0 Å². The molecule has 49 heavy (non-hydrogen) atoms. The molecule has 268 valence electrons. The number of fused-ring (bicyclic) bond motifs is 1. The third-order valence-corrected chi connectivity index (χ3v) is 11.0. The summed E-state index contributed by atoms with van der Waals surface area (Å²) in [5.41, 5.74) is -0.574. The van der Waals surface area contributed by atoms with Crippen LogP contribution in [0.15, 0.2) is 48.5 Å². The Morgan fingerprint density at radius 3 is 2.08 bits per heavy atom. The first-order valence-electron chi connectivity index (χ1n) is 17.0. The van der Waals surface area contributed by atoms with Gasteiger partial charge >= 0.3 is 11.9 Å². The van der Waals surface area contributed by atoms with E-state index < -0.39 is 49.3 Å². The smallest absolute Gasteiger partial charge is 0.313 e. The predicted molar refractivity (Wildman–Crippen MR) is 194 cm³/mol. The Hall–Kier alpha value is -4.01. The van der Waals surface area contributed by atoms with Crippen LogP contribution in [-0.2, 0) is 19.7 Å². The Kier molecular flexibility index (Phi) is 10.8. The molecule has 2 unspecified atom stereocenters. The minimum absolute atomic E-state index is 0.0688. The van der Waals surface area contributed by atoms with Crippen molar-refractivity contribution in [3.8, 4) is 5.75 Å². The fourth-order valence-electron chi connectivity index (χ4n) is 8.61. The number of esters is 1. The van der Waals surface area contributed by atoms with E-state index in [0.29, 0.717) is 18.5 Å². The summed E-state index contributed by atoms with van der Waals surface area (Å²) in [4.78, 5) is 37.8. The number of phenols is 1. The number of carbonyl (C=O) groups is 2. The molecule has 0 saturated heterocycles. The monoisotopic (exact) mass is 677 g/mol. The zero-order valence-electron chi connectivity index (χ0n) is 31.7. The number of nitrogens with zero attached hydrogens (tertiary/aromatic N) is 2. The Bertz CT molecular complexity index is 1670. The molecule has 3 rings (SSSR count). The number of rotatable bonds is 12. The number of carboxylic acids is 1. The van der Waals surface area contributed by atoms with Crippen molar-refractivity contribution in [2.24, 2.45) is 33.0 Å². The fourth-order valence-corrected chi connectivity index (χ4v) is 8.61. The number of nitro groups is 1. The van der Waals surface area contributed by atoms with Crippen LogP contribution in [0, 0.1) is 43.1 Å². The third-order valence-electron chi connectivity index (χ3n) is 11.0. The molecule has 1 aliphatic heterocycles. The van der Waals surface area contributed by atoms with Gasteiger partial charge in [-0.25, -0.2) is 0 Å². The molecule has 0 aromatic heterocycles. The normalized spacial score (nSPS) is 17.1. The molecule has 2 aromatic carbocycles. The molecular formula is C40H57N2O7+. The van der Waals surface area contributed by atoms with Crippen LogP contribution in [0.1, 0.15) is 108 Å². The van der Waals surface area contributed by atoms with Crippen molar-refractivity contribution >= 4 is 35.1 Å². The molecule has 2 atom stereocenters. The van der Waals surface area contributed by atoms with Crippen molar-refractivity contribution < 1.29 is 34.0 Å². The number of allylic oxidation sites excluding steroid dienone is 1. The maximum atomic E-state index is 14.3. The number of aromatic hydroxyl groups is 1. The van der Waals surface area contributed by atoms with Crippen molar-refractivity contribution in [3.05, 3.63) is 69.8 Å². The quantitative estimate of drug-likeness (QED) is 0.0991. The van der Waals surface area contributed by atoms with Gasteiger partial charge < -0.3 is 14.9 Å². The van der Waals surface area contributed by atoms with Gasteiger partial charge in [0.05, 0.1) is 21.7 Å². The van der Waals surface area contributed by atoms with E-state index in [-0.39, 0.29) is 24.0 Å². The highest BCUT2D eigenvalue weighted by Gasteiger charge is 2.58. The first-order valence-corrected chi connectivity index (χ1v) is 17.0. The van der Waals surface area contributed by atoms with E-state index in [4.69, 9.17) is 4.74 Å². The number of hydrogen-bond acceptors (Lipinski definition) is 6. The van der Waals surface area contributed by atoms with Crippen LogP contribution >= 0.6 is 0 Å². The molecular weight excluding hydrogens is 620 g/mol. The largest absolute Gasteiger partial charge is 0.507 e. The maximum Gasteiger partial charge on any atom is 0.313 e. The van der Waals surface area contributed by atoms with E-state index in [9.17, 15) is 29.9 Å². The van der Waals surface area contributed by atoms with E-state index >= 15 is 0 Å². The Morgan fingerprint density at radius 1 is 0.959 bits per heavy atom. The zero-order chi connectivity index (χ0) is 37.5. The lowest BCUT2D eigenvalue weighted by Crippen LogP contribution is -2.55. The minimum Gasteiger partial charge on any atom is -0.507 e. The molecule has 0 fully saturated rings. The van der Waals surface area contributed by atoms with Crippen molar-refractivity contribution in [2.75, 3.05) is 13.2 Å². The van der Waals surface area contributed by atoms with Gasteiger partial charge in [-0.2, -0.15) is 4.58 Å². The van der Waals surface area contributed by atoms with Gasteiger partial charge in [0, 0.05) is 35.4 Å². The highest BCUT2D eigenvalue weighted by Crippen LogP contribution is 2.58. The van der Waals surface area contributed by atoms with Crippen molar-refractivity contribution in [1.82, 2.24) is 0 Å². The standard InChI is InChI=1S/C40H56N2O7/c1-35(2,3)32(33(44)45)37(7,8)25-38(9,10)40(13,36(4,5)6)34(46)49-23-22-41-29-17-15-14-16-28(29)39(11,12)31(41)21-18-26-24-27(42(47)48)19-20-30(26)43/h14-21,24,32H,22-23,25H2,1-13H3,(H,44,45)/p+1. The van der Waals surface area contributed by atoms with Gasteiger partial charge in [0.15, 0.2) is 18.9 Å². The van der Waals surface area contributed by atoms with Crippen LogP contribution in [0.4, 0.5) is 11.4 Å². The summed E-state index contributed by atoms with van der Waals surface area (Å²) >= 11 is 0. The summed E-state index contributed by atoms with van der Waals surface area (Å²) in [5.74, 6) is -1.89. The van der Waals surface area contributed by atoms with E-state index in [0.717, 1.165) is 17.0 Å². The molecule has 0 spiro atoms. The summed E-state index contributed by atoms with van der Waals surface area (Å²) in [6, 6.07) is 11.9. The van der Waals surface area contributed by atoms with Crippen LogP contribution in [-0.4, -0.2) is 50.5 Å². The number of aliphatic carboxylic acids is 1. The van der Waals surface area contributed by atoms with Gasteiger partial charge in [-0.3, -0.25) is 19.7 Å². The van der Waals surface area contributed by atoms with Gasteiger partial charge in [0.2, 0.25) is 5.69 Å². The second-order valence-electron chi connectivity index (χ2n) is 17.7. The molecule has 0 amide bonds. The Labute approximate surface area is 292 Å². The molecule has 0 saturated carbocycles. The lowest BCUT2D eigenvalue weighted by Gasteiger charge is -2.54. The van der Waals surface area contributed by atoms with Gasteiger partial charge in [-0.1, -0.05) is 87.4 Å². The number of nitro benzene ring substituents is 1. The zero-order valence-corrected chi connectivity index (χ0v) is 31.7. The number of carboxylic acid groups (broad SMARTS) is 1. The molecule has 1 heterocycles. The highest BCUT2D eigenvalue weighted by atomic mass is 16.6. The molecule has 0 radical (unpaired) electrons. The van der Waals surface area contributed by atoms with E-state index in [1.165, 1.54) is 18.2 Å². The SMILES string of the molecule is CC1(C)C(/C=C/c2cc([N+](=O)[O-])ccc2O)=[N+](CCOC(=O)C(C)(C(C)(C)C)C(C)(C)CC(C)(C)C(C(=O)O)C(C)(C)C)c2ccccc21. The van der Waals surface area contributed by atoms with Gasteiger partial charge in [0.25, 0.3) is 5.69 Å². The average Bonchev–Trinajstić information content (AvgIpc) is 3.14. The number of ether oxygens (including phenoxy) is 1. The van der Waals surface area contributed by atoms with Gasteiger partial charge in [-0.05, 0) is 61.0 Å². The molecule has 9 nitrogen and oxygen atoms in total. The molecule has 9 heteroatoms. The molecule has 1 aliphatic rings. The summed E-state index contributed by atoms with van der Waals surface area (Å²) < 4.78 is 8.27. The van der Waals surface area contributed by atoms with E-state index in [2.05, 4.69) is 24.5 Å². The number of phenolic OH excluding ortho intramolecular Hbond substituents is 1. The van der Waals surface area contributed by atoms with Crippen molar-refractivity contribution in [1.29, 1.82) is 0 Å². The molecule has 0 aliphatic carbocycles. The van der Waals surface area contributed by atoms with Crippen molar-refractivity contribution in [3.63, 3.8) is 0 Å². The summed E-state index contributed by atoms with van der Waals surface area (Å²) in [7, 11) is 0. The molecule has 2 N–H and O–H groups in total. The van der Waals surface area contributed by atoms with Crippen LogP contribution < -0.4 is 0 Å². The highest BCUT2D eigenvalue weighted by molar-refractivity contribution is 6.05. The van der Waals surface area contributed by atoms with Crippen LogP contribution in [0.5, 0.6) is 5.75 Å². The summed E-state index contributed by atoms with van der Waals surface area (Å²) in [6.45, 7) is 26.5. The lowest BCUT2D eigenvalue weighted by atomic mass is 9.49. The topological polar surface area (TPSA) is 130 Å².